The summed E-state index contributed by atoms with van der Waals surface area (Å²) in [6.45, 7) is 11.6. The molecule has 2 atom stereocenters. The molecule has 0 spiro atoms. The predicted octanol–water partition coefficient (Wildman–Crippen LogP) is 3.93. The molecule has 0 heterocycles. The number of hydrogen-bond donors (Lipinski definition) is 1. The third-order valence-corrected chi connectivity index (χ3v) is 4.68. The molecule has 112 valence electrons. The highest BCUT2D eigenvalue weighted by Gasteiger charge is 2.48. The van der Waals surface area contributed by atoms with E-state index in [0.29, 0.717) is 12.1 Å². The van der Waals surface area contributed by atoms with E-state index in [2.05, 4.69) is 52.1 Å². The Morgan fingerprint density at radius 3 is 2.55 bits per heavy atom. The van der Waals surface area contributed by atoms with Crippen LogP contribution in [0.4, 0.5) is 5.69 Å². The Labute approximate surface area is 122 Å². The van der Waals surface area contributed by atoms with Crippen LogP contribution in [0.25, 0.3) is 0 Å². The fourth-order valence-corrected chi connectivity index (χ4v) is 3.10. The van der Waals surface area contributed by atoms with Crippen molar-refractivity contribution in [3.8, 4) is 5.75 Å². The zero-order valence-corrected chi connectivity index (χ0v) is 13.5. The van der Waals surface area contributed by atoms with E-state index in [0.717, 1.165) is 18.8 Å². The Hall–Kier alpha value is -1.22. The van der Waals surface area contributed by atoms with Gasteiger partial charge in [-0.3, -0.25) is 0 Å². The van der Waals surface area contributed by atoms with Crippen LogP contribution in [0.15, 0.2) is 12.1 Å². The minimum Gasteiger partial charge on any atom is -0.496 e. The molecule has 0 aliphatic heterocycles. The Bertz CT molecular complexity index is 482. The van der Waals surface area contributed by atoms with Gasteiger partial charge in [0.25, 0.3) is 0 Å². The van der Waals surface area contributed by atoms with Crippen LogP contribution in [0.2, 0.25) is 0 Å². The van der Waals surface area contributed by atoms with E-state index in [1.807, 2.05) is 0 Å². The summed E-state index contributed by atoms with van der Waals surface area (Å²) in [4.78, 5) is 0. The van der Waals surface area contributed by atoms with Gasteiger partial charge in [-0.1, -0.05) is 19.9 Å². The predicted molar refractivity (Wildman–Crippen MR) is 83.7 cm³/mol. The molecule has 3 heteroatoms. The van der Waals surface area contributed by atoms with E-state index in [-0.39, 0.29) is 5.41 Å². The van der Waals surface area contributed by atoms with E-state index in [9.17, 15) is 0 Å². The van der Waals surface area contributed by atoms with Crippen LogP contribution in [0.3, 0.4) is 0 Å². The van der Waals surface area contributed by atoms with Crippen molar-refractivity contribution in [3.05, 3.63) is 23.3 Å². The molecule has 1 aromatic rings. The van der Waals surface area contributed by atoms with Gasteiger partial charge in [0.1, 0.15) is 5.75 Å². The third-order valence-electron chi connectivity index (χ3n) is 4.68. The molecule has 1 fully saturated rings. The van der Waals surface area contributed by atoms with Gasteiger partial charge in [-0.25, -0.2) is 0 Å². The Morgan fingerprint density at radius 1 is 1.30 bits per heavy atom. The molecule has 0 radical (unpaired) electrons. The highest BCUT2D eigenvalue weighted by molar-refractivity contribution is 5.60. The molecule has 1 aliphatic carbocycles. The topological polar surface area (TPSA) is 30.5 Å². The van der Waals surface area contributed by atoms with Gasteiger partial charge in [-0.05, 0) is 38.8 Å². The van der Waals surface area contributed by atoms with Crippen LogP contribution in [-0.2, 0) is 4.74 Å². The number of aryl methyl sites for hydroxylation is 1. The average molecular weight is 277 g/mol. The molecule has 0 saturated heterocycles. The van der Waals surface area contributed by atoms with Gasteiger partial charge in [0.2, 0.25) is 0 Å². The summed E-state index contributed by atoms with van der Waals surface area (Å²) in [5.74, 6) is 0.980. The van der Waals surface area contributed by atoms with Gasteiger partial charge >= 0.3 is 0 Å². The van der Waals surface area contributed by atoms with Gasteiger partial charge in [0, 0.05) is 29.3 Å². The first-order chi connectivity index (χ1) is 9.41. The van der Waals surface area contributed by atoms with Crippen molar-refractivity contribution in [3.63, 3.8) is 0 Å². The lowest BCUT2D eigenvalue weighted by Gasteiger charge is -2.52. The van der Waals surface area contributed by atoms with Gasteiger partial charge < -0.3 is 14.8 Å². The highest BCUT2D eigenvalue weighted by Crippen LogP contribution is 2.45. The van der Waals surface area contributed by atoms with Crippen LogP contribution in [0.5, 0.6) is 5.75 Å². The fourth-order valence-electron chi connectivity index (χ4n) is 3.10. The maximum atomic E-state index is 5.79. The van der Waals surface area contributed by atoms with Crippen molar-refractivity contribution in [1.29, 1.82) is 0 Å². The quantitative estimate of drug-likeness (QED) is 0.884. The second-order valence-electron chi connectivity index (χ2n) is 6.29. The standard InChI is InChI=1S/C17H27NO2/c1-7-20-15-10-14(17(15,4)5)18-13-9-8-11(2)16(19-6)12(13)3/h8-9,14-15,18H,7,10H2,1-6H3. The Morgan fingerprint density at radius 2 is 2.00 bits per heavy atom. The largest absolute Gasteiger partial charge is 0.496 e. The second-order valence-corrected chi connectivity index (χ2v) is 6.29. The molecular formula is C17H27NO2. The smallest absolute Gasteiger partial charge is 0.126 e. The highest BCUT2D eigenvalue weighted by atomic mass is 16.5. The molecule has 1 aliphatic rings. The maximum Gasteiger partial charge on any atom is 0.126 e. The van der Waals surface area contributed by atoms with Crippen molar-refractivity contribution in [2.24, 2.45) is 5.41 Å². The Kier molecular flexibility index (Phi) is 4.28. The molecule has 1 saturated carbocycles. The number of methoxy groups -OCH3 is 1. The average Bonchev–Trinajstić information content (AvgIpc) is 2.40. The molecule has 0 bridgehead atoms. The van der Waals surface area contributed by atoms with Crippen molar-refractivity contribution < 1.29 is 9.47 Å². The normalized spacial score (nSPS) is 24.1. The number of ether oxygens (including phenoxy) is 2. The Balaban J connectivity index is 2.13. The summed E-state index contributed by atoms with van der Waals surface area (Å²) >= 11 is 0. The molecule has 20 heavy (non-hydrogen) atoms. The lowest BCUT2D eigenvalue weighted by molar-refractivity contribution is -0.0976. The van der Waals surface area contributed by atoms with Crippen molar-refractivity contribution in [2.75, 3.05) is 19.0 Å². The zero-order valence-electron chi connectivity index (χ0n) is 13.5. The van der Waals surface area contributed by atoms with Crippen LogP contribution in [0.1, 0.15) is 38.3 Å². The number of rotatable bonds is 5. The first-order valence-corrected chi connectivity index (χ1v) is 7.44. The minimum atomic E-state index is 0.167. The summed E-state index contributed by atoms with van der Waals surface area (Å²) in [7, 11) is 1.73. The third kappa shape index (κ3) is 2.51. The fraction of sp³-hybridized carbons (Fsp3) is 0.647. The number of benzene rings is 1. The van der Waals surface area contributed by atoms with Crippen molar-refractivity contribution >= 4 is 5.69 Å². The first kappa shape index (κ1) is 15.2. The van der Waals surface area contributed by atoms with Gasteiger partial charge in [-0.15, -0.1) is 0 Å². The van der Waals surface area contributed by atoms with E-state index < -0.39 is 0 Å². The number of hydrogen-bond acceptors (Lipinski definition) is 3. The van der Waals surface area contributed by atoms with Gasteiger partial charge in [-0.2, -0.15) is 0 Å². The van der Waals surface area contributed by atoms with E-state index in [4.69, 9.17) is 9.47 Å². The van der Waals surface area contributed by atoms with Crippen LogP contribution in [0, 0.1) is 19.3 Å². The van der Waals surface area contributed by atoms with E-state index >= 15 is 0 Å². The van der Waals surface area contributed by atoms with Gasteiger partial charge in [0.05, 0.1) is 13.2 Å². The zero-order chi connectivity index (χ0) is 14.9. The summed E-state index contributed by atoms with van der Waals surface area (Å²) in [6, 6.07) is 4.71. The maximum absolute atomic E-state index is 5.79. The van der Waals surface area contributed by atoms with Crippen LogP contribution in [-0.4, -0.2) is 25.9 Å². The molecule has 2 rings (SSSR count). The van der Waals surface area contributed by atoms with E-state index in [1.54, 1.807) is 7.11 Å². The summed E-state index contributed by atoms with van der Waals surface area (Å²) in [5.41, 5.74) is 3.69. The van der Waals surface area contributed by atoms with Crippen LogP contribution >= 0.6 is 0 Å². The molecule has 2 unspecified atom stereocenters. The monoisotopic (exact) mass is 277 g/mol. The first-order valence-electron chi connectivity index (χ1n) is 7.44. The second kappa shape index (κ2) is 5.65. The van der Waals surface area contributed by atoms with Crippen LogP contribution < -0.4 is 10.1 Å². The molecule has 3 nitrogen and oxygen atoms in total. The molecule has 0 amide bonds. The summed E-state index contributed by atoms with van der Waals surface area (Å²) in [5, 5.41) is 3.67. The molecular weight excluding hydrogens is 250 g/mol. The number of nitrogens with one attached hydrogen (secondary N) is 1. The molecule has 1 N–H and O–H groups in total. The summed E-state index contributed by atoms with van der Waals surface area (Å²) in [6.07, 6.45) is 1.42. The lowest BCUT2D eigenvalue weighted by Crippen LogP contribution is -2.58. The van der Waals surface area contributed by atoms with Crippen molar-refractivity contribution in [2.45, 2.75) is 53.2 Å². The van der Waals surface area contributed by atoms with Gasteiger partial charge in [0.15, 0.2) is 0 Å². The SMILES string of the molecule is CCOC1CC(Nc2ccc(C)c(OC)c2C)C1(C)C. The van der Waals surface area contributed by atoms with E-state index in [1.165, 1.54) is 16.8 Å². The number of anilines is 1. The minimum absolute atomic E-state index is 0.167. The molecule has 0 aromatic heterocycles. The molecule has 1 aromatic carbocycles. The van der Waals surface area contributed by atoms with Crippen molar-refractivity contribution in [1.82, 2.24) is 0 Å². The summed E-state index contributed by atoms with van der Waals surface area (Å²) < 4.78 is 11.3. The lowest BCUT2D eigenvalue weighted by atomic mass is 9.64.